The molecule has 0 atom stereocenters. The summed E-state index contributed by atoms with van der Waals surface area (Å²) in [6.45, 7) is 0. The first-order chi connectivity index (χ1) is 9.38. The summed E-state index contributed by atoms with van der Waals surface area (Å²) in [6.07, 6.45) is -2.25. The van der Waals surface area contributed by atoms with Crippen molar-refractivity contribution in [2.45, 2.75) is 12.6 Å². The SMILES string of the molecule is O=C(O)Cc1nc(C(F)(F)F)ccc1-c1ccncc1. The molecule has 2 aromatic heterocycles. The summed E-state index contributed by atoms with van der Waals surface area (Å²) in [5, 5.41) is 8.80. The number of pyridine rings is 2. The minimum Gasteiger partial charge on any atom is -0.481 e. The average Bonchev–Trinajstić information content (AvgIpc) is 2.38. The van der Waals surface area contributed by atoms with Gasteiger partial charge in [-0.1, -0.05) is 6.07 Å². The molecule has 1 N–H and O–H groups in total. The van der Waals surface area contributed by atoms with E-state index in [4.69, 9.17) is 5.11 Å². The highest BCUT2D eigenvalue weighted by molar-refractivity contribution is 5.75. The van der Waals surface area contributed by atoms with E-state index in [-0.39, 0.29) is 5.69 Å². The molecule has 2 aromatic rings. The molecule has 0 spiro atoms. The number of aliphatic carboxylic acids is 1. The number of carboxylic acid groups (broad SMARTS) is 1. The number of hydrogen-bond donors (Lipinski definition) is 1. The van der Waals surface area contributed by atoms with E-state index in [1.54, 1.807) is 12.1 Å². The van der Waals surface area contributed by atoms with E-state index < -0.39 is 24.3 Å². The smallest absolute Gasteiger partial charge is 0.433 e. The van der Waals surface area contributed by atoms with Crippen LogP contribution in [0.1, 0.15) is 11.4 Å². The van der Waals surface area contributed by atoms with Gasteiger partial charge < -0.3 is 5.11 Å². The van der Waals surface area contributed by atoms with Crippen LogP contribution in [0.3, 0.4) is 0 Å². The second-order valence-electron chi connectivity index (χ2n) is 3.99. The van der Waals surface area contributed by atoms with E-state index in [0.29, 0.717) is 11.1 Å². The van der Waals surface area contributed by atoms with Crippen molar-refractivity contribution in [3.05, 3.63) is 48.0 Å². The average molecular weight is 282 g/mol. The lowest BCUT2D eigenvalue weighted by molar-refractivity contribution is -0.142. The van der Waals surface area contributed by atoms with Crippen molar-refractivity contribution in [3.63, 3.8) is 0 Å². The molecule has 0 aliphatic carbocycles. The summed E-state index contributed by atoms with van der Waals surface area (Å²) in [5.74, 6) is -1.24. The third-order valence-corrected chi connectivity index (χ3v) is 2.57. The molecule has 0 saturated heterocycles. The fourth-order valence-corrected chi connectivity index (χ4v) is 1.73. The largest absolute Gasteiger partial charge is 0.481 e. The highest BCUT2D eigenvalue weighted by Crippen LogP contribution is 2.31. The molecule has 0 fully saturated rings. The Kier molecular flexibility index (Phi) is 3.69. The van der Waals surface area contributed by atoms with Gasteiger partial charge in [0.2, 0.25) is 0 Å². The van der Waals surface area contributed by atoms with Crippen molar-refractivity contribution in [2.24, 2.45) is 0 Å². The van der Waals surface area contributed by atoms with Crippen LogP contribution in [0.2, 0.25) is 0 Å². The van der Waals surface area contributed by atoms with Gasteiger partial charge in [0.05, 0.1) is 12.1 Å². The lowest BCUT2D eigenvalue weighted by Gasteiger charge is -2.11. The quantitative estimate of drug-likeness (QED) is 0.940. The highest BCUT2D eigenvalue weighted by atomic mass is 19.4. The van der Waals surface area contributed by atoms with E-state index in [1.807, 2.05) is 0 Å². The van der Waals surface area contributed by atoms with Crippen LogP contribution in [0.4, 0.5) is 13.2 Å². The van der Waals surface area contributed by atoms with Gasteiger partial charge in [-0.15, -0.1) is 0 Å². The predicted molar refractivity (Wildman–Crippen MR) is 63.8 cm³/mol. The van der Waals surface area contributed by atoms with Gasteiger partial charge in [-0.25, -0.2) is 4.98 Å². The molecule has 2 rings (SSSR count). The van der Waals surface area contributed by atoms with E-state index in [0.717, 1.165) is 6.07 Å². The number of rotatable bonds is 3. The van der Waals surface area contributed by atoms with Gasteiger partial charge in [-0.2, -0.15) is 13.2 Å². The third kappa shape index (κ3) is 3.11. The molecule has 0 bridgehead atoms. The molecule has 7 heteroatoms. The summed E-state index contributed by atoms with van der Waals surface area (Å²) in [6, 6.07) is 5.22. The molecule has 0 aliphatic heterocycles. The van der Waals surface area contributed by atoms with Crippen molar-refractivity contribution in [1.29, 1.82) is 0 Å². The maximum Gasteiger partial charge on any atom is 0.433 e. The summed E-state index contributed by atoms with van der Waals surface area (Å²) in [5.41, 5.74) is -0.314. The van der Waals surface area contributed by atoms with Crippen molar-refractivity contribution in [3.8, 4) is 11.1 Å². The second-order valence-corrected chi connectivity index (χ2v) is 3.99. The fourth-order valence-electron chi connectivity index (χ4n) is 1.73. The first-order valence-electron chi connectivity index (χ1n) is 5.57. The van der Waals surface area contributed by atoms with Crippen molar-refractivity contribution in [1.82, 2.24) is 9.97 Å². The van der Waals surface area contributed by atoms with E-state index >= 15 is 0 Å². The van der Waals surface area contributed by atoms with Gasteiger partial charge in [-0.05, 0) is 23.8 Å². The number of carboxylic acids is 1. The molecule has 0 amide bonds. The van der Waals surface area contributed by atoms with Gasteiger partial charge in [0.25, 0.3) is 0 Å². The fraction of sp³-hybridized carbons (Fsp3) is 0.154. The Balaban J connectivity index is 2.54. The van der Waals surface area contributed by atoms with Gasteiger partial charge in [0.1, 0.15) is 5.69 Å². The number of carbonyl (C=O) groups is 1. The number of alkyl halides is 3. The summed E-state index contributed by atoms with van der Waals surface area (Å²) in [7, 11) is 0. The molecule has 4 nitrogen and oxygen atoms in total. The topological polar surface area (TPSA) is 63.1 Å². The van der Waals surface area contributed by atoms with Crippen LogP contribution >= 0.6 is 0 Å². The molecular formula is C13H9F3N2O2. The predicted octanol–water partition coefficient (Wildman–Crippen LogP) is 2.79. The third-order valence-electron chi connectivity index (χ3n) is 2.57. The van der Waals surface area contributed by atoms with E-state index in [9.17, 15) is 18.0 Å². The molecule has 0 radical (unpaired) electrons. The van der Waals surface area contributed by atoms with Crippen molar-refractivity contribution < 1.29 is 23.1 Å². The zero-order chi connectivity index (χ0) is 14.8. The molecule has 0 aromatic carbocycles. The van der Waals surface area contributed by atoms with Gasteiger partial charge in [0.15, 0.2) is 0 Å². The van der Waals surface area contributed by atoms with E-state index in [1.165, 1.54) is 18.5 Å². The zero-order valence-corrected chi connectivity index (χ0v) is 10.1. The van der Waals surface area contributed by atoms with Crippen LogP contribution in [0.5, 0.6) is 0 Å². The normalized spacial score (nSPS) is 11.3. The Hall–Kier alpha value is -2.44. The Morgan fingerprint density at radius 3 is 2.35 bits per heavy atom. The molecule has 0 saturated carbocycles. The molecule has 0 aliphatic rings. The van der Waals surface area contributed by atoms with Crippen LogP contribution in [-0.4, -0.2) is 21.0 Å². The van der Waals surface area contributed by atoms with Crippen LogP contribution in [-0.2, 0) is 17.4 Å². The first kappa shape index (κ1) is 14.0. The van der Waals surface area contributed by atoms with Crippen molar-refractivity contribution in [2.75, 3.05) is 0 Å². The number of aromatic nitrogens is 2. The van der Waals surface area contributed by atoms with Crippen molar-refractivity contribution >= 4 is 5.97 Å². The summed E-state index contributed by atoms with van der Waals surface area (Å²) in [4.78, 5) is 18.0. The second kappa shape index (κ2) is 5.28. The number of hydrogen-bond acceptors (Lipinski definition) is 3. The van der Waals surface area contributed by atoms with Crippen LogP contribution in [0.25, 0.3) is 11.1 Å². The maximum atomic E-state index is 12.6. The Morgan fingerprint density at radius 1 is 1.15 bits per heavy atom. The molecule has 104 valence electrons. The lowest BCUT2D eigenvalue weighted by atomic mass is 10.0. The lowest BCUT2D eigenvalue weighted by Crippen LogP contribution is -2.12. The minimum absolute atomic E-state index is 0.126. The highest BCUT2D eigenvalue weighted by Gasteiger charge is 2.33. The van der Waals surface area contributed by atoms with Gasteiger partial charge >= 0.3 is 12.1 Å². The summed E-state index contributed by atoms with van der Waals surface area (Å²) < 4.78 is 37.9. The summed E-state index contributed by atoms with van der Waals surface area (Å²) >= 11 is 0. The maximum absolute atomic E-state index is 12.6. The van der Waals surface area contributed by atoms with Crippen LogP contribution in [0, 0.1) is 0 Å². The van der Waals surface area contributed by atoms with E-state index in [2.05, 4.69) is 9.97 Å². The zero-order valence-electron chi connectivity index (χ0n) is 10.1. The Bertz CT molecular complexity index is 627. The van der Waals surface area contributed by atoms with Crippen LogP contribution in [0.15, 0.2) is 36.7 Å². The molecule has 20 heavy (non-hydrogen) atoms. The van der Waals surface area contributed by atoms with Crippen LogP contribution < -0.4 is 0 Å². The molecule has 0 unspecified atom stereocenters. The monoisotopic (exact) mass is 282 g/mol. The van der Waals surface area contributed by atoms with Gasteiger partial charge in [0, 0.05) is 18.0 Å². The molecule has 2 heterocycles. The number of nitrogens with zero attached hydrogens (tertiary/aromatic N) is 2. The van der Waals surface area contributed by atoms with Gasteiger partial charge in [-0.3, -0.25) is 9.78 Å². The molecular weight excluding hydrogens is 273 g/mol. The minimum atomic E-state index is -4.61. The standard InChI is InChI=1S/C13H9F3N2O2/c14-13(15,16)11-2-1-9(8-3-5-17-6-4-8)10(18-11)7-12(19)20/h1-6H,7H2,(H,19,20). The number of halogens is 3. The first-order valence-corrected chi connectivity index (χ1v) is 5.57. The Morgan fingerprint density at radius 2 is 1.80 bits per heavy atom. The Labute approximate surface area is 111 Å².